The normalized spacial score (nSPS) is 11.7. The molecule has 9 aromatic rings. The van der Waals surface area contributed by atoms with Crippen LogP contribution in [0.15, 0.2) is 146 Å². The number of aromatic nitrogens is 4. The monoisotopic (exact) mass is 548 g/mol. The van der Waals surface area contributed by atoms with Crippen molar-refractivity contribution < 1.29 is 0 Å². The third-order valence-electron chi connectivity index (χ3n) is 8.43. The molecule has 4 heteroatoms. The average molecular weight is 549 g/mol. The molecule has 0 fully saturated rings. The van der Waals surface area contributed by atoms with Crippen molar-refractivity contribution in [3.05, 3.63) is 146 Å². The number of para-hydroxylation sites is 4. The summed E-state index contributed by atoms with van der Waals surface area (Å²) in [7, 11) is 0. The van der Waals surface area contributed by atoms with E-state index in [0.717, 1.165) is 66.6 Å². The van der Waals surface area contributed by atoms with Gasteiger partial charge < -0.3 is 0 Å². The molecule has 0 atom stereocenters. The Balaban J connectivity index is 1.37. The van der Waals surface area contributed by atoms with Gasteiger partial charge in [-0.1, -0.05) is 109 Å². The van der Waals surface area contributed by atoms with E-state index in [1.54, 1.807) is 0 Å². The number of benzene rings is 6. The highest BCUT2D eigenvalue weighted by Crippen LogP contribution is 2.40. The molecular weight excluding hydrogens is 524 g/mol. The summed E-state index contributed by atoms with van der Waals surface area (Å²) in [6.07, 6.45) is 1.97. The van der Waals surface area contributed by atoms with Gasteiger partial charge in [-0.25, -0.2) is 9.97 Å². The van der Waals surface area contributed by atoms with Gasteiger partial charge in [0.05, 0.1) is 27.9 Å². The summed E-state index contributed by atoms with van der Waals surface area (Å²) in [5.74, 6) is 0.866. The number of fused-ring (bicyclic) bond motifs is 7. The first kappa shape index (κ1) is 23.8. The second-order valence-corrected chi connectivity index (χ2v) is 10.8. The van der Waals surface area contributed by atoms with Crippen molar-refractivity contribution in [1.29, 1.82) is 0 Å². The number of nitrogens with zero attached hydrogens (tertiary/aromatic N) is 4. The number of rotatable bonds is 3. The lowest BCUT2D eigenvalue weighted by Gasteiger charge is -2.15. The van der Waals surface area contributed by atoms with Gasteiger partial charge in [-0.2, -0.15) is 0 Å². The molecule has 0 aliphatic heterocycles. The van der Waals surface area contributed by atoms with E-state index in [1.165, 1.54) is 16.2 Å². The number of pyridine rings is 2. The van der Waals surface area contributed by atoms with Crippen LogP contribution in [0, 0.1) is 0 Å². The van der Waals surface area contributed by atoms with Crippen molar-refractivity contribution >= 4 is 54.3 Å². The maximum absolute atomic E-state index is 5.25. The Hall–Kier alpha value is -5.87. The molecule has 0 radical (unpaired) electrons. The Kier molecular flexibility index (Phi) is 5.16. The number of imidazole rings is 1. The average Bonchev–Trinajstić information content (AvgIpc) is 3.47. The lowest BCUT2D eigenvalue weighted by Crippen LogP contribution is -2.00. The third-order valence-corrected chi connectivity index (χ3v) is 8.43. The molecule has 0 spiro atoms. The summed E-state index contributed by atoms with van der Waals surface area (Å²) >= 11 is 0. The van der Waals surface area contributed by atoms with Crippen molar-refractivity contribution in [2.24, 2.45) is 0 Å². The quantitative estimate of drug-likeness (QED) is 0.206. The Labute approximate surface area is 247 Å². The summed E-state index contributed by atoms with van der Waals surface area (Å²) in [4.78, 5) is 15.6. The second-order valence-electron chi connectivity index (χ2n) is 10.8. The molecule has 4 nitrogen and oxygen atoms in total. The van der Waals surface area contributed by atoms with Crippen LogP contribution >= 0.6 is 0 Å². The molecule has 3 heterocycles. The van der Waals surface area contributed by atoms with Gasteiger partial charge in [-0.3, -0.25) is 9.55 Å². The SMILES string of the molecule is c1ccc(-n2c(-c3cnc(-c4nc5ccccc5c5c4ccc4ccccc45)c4ccccc34)nc3ccccc32)cc1. The standard InChI is InChI=1S/C39H24N4/c1-2-13-26(14-3-1)43-35-21-11-10-20-34(35)42-39(43)32-24-40-37(29-17-7-6-16-28(29)32)38-31-23-22-25-12-4-5-15-27(25)36(31)30-18-8-9-19-33(30)41-38/h1-24H. The van der Waals surface area contributed by atoms with Crippen LogP contribution in [0.4, 0.5) is 0 Å². The predicted octanol–water partition coefficient (Wildman–Crippen LogP) is 9.76. The van der Waals surface area contributed by atoms with Crippen LogP contribution in [0.5, 0.6) is 0 Å². The van der Waals surface area contributed by atoms with Crippen molar-refractivity contribution in [3.63, 3.8) is 0 Å². The lowest BCUT2D eigenvalue weighted by atomic mass is 9.95. The first-order chi connectivity index (χ1) is 21.3. The molecule has 3 aromatic heterocycles. The lowest BCUT2D eigenvalue weighted by molar-refractivity contribution is 1.10. The van der Waals surface area contributed by atoms with Gasteiger partial charge in [0, 0.05) is 39.0 Å². The molecule has 0 amide bonds. The zero-order valence-electron chi connectivity index (χ0n) is 23.1. The summed E-state index contributed by atoms with van der Waals surface area (Å²) in [6, 6.07) is 48.6. The smallest absolute Gasteiger partial charge is 0.147 e. The van der Waals surface area contributed by atoms with E-state index in [4.69, 9.17) is 15.0 Å². The van der Waals surface area contributed by atoms with E-state index in [1.807, 2.05) is 18.3 Å². The fourth-order valence-corrected chi connectivity index (χ4v) is 6.51. The number of hydrogen-bond donors (Lipinski definition) is 0. The minimum atomic E-state index is 0.866. The van der Waals surface area contributed by atoms with Crippen molar-refractivity contribution in [3.8, 4) is 28.5 Å². The van der Waals surface area contributed by atoms with Gasteiger partial charge in [0.1, 0.15) is 5.82 Å². The maximum atomic E-state index is 5.25. The molecular formula is C39H24N4. The number of hydrogen-bond acceptors (Lipinski definition) is 3. The second kappa shape index (κ2) is 9.33. The third kappa shape index (κ3) is 3.60. The molecule has 6 aromatic carbocycles. The van der Waals surface area contributed by atoms with Crippen LogP contribution in [0.2, 0.25) is 0 Å². The summed E-state index contributed by atoms with van der Waals surface area (Å²) < 4.78 is 2.23. The van der Waals surface area contributed by atoms with E-state index < -0.39 is 0 Å². The molecule has 0 unspecified atom stereocenters. The van der Waals surface area contributed by atoms with E-state index in [2.05, 4.69) is 132 Å². The highest BCUT2D eigenvalue weighted by Gasteiger charge is 2.21. The van der Waals surface area contributed by atoms with E-state index in [9.17, 15) is 0 Å². The molecule has 0 saturated carbocycles. The Morgan fingerprint density at radius 1 is 0.442 bits per heavy atom. The first-order valence-electron chi connectivity index (χ1n) is 14.5. The fraction of sp³-hybridized carbons (Fsp3) is 0. The summed E-state index contributed by atoms with van der Waals surface area (Å²) in [5, 5.41) is 8.02. The Bertz CT molecular complexity index is 2500. The molecule has 43 heavy (non-hydrogen) atoms. The van der Waals surface area contributed by atoms with Crippen molar-refractivity contribution in [2.75, 3.05) is 0 Å². The highest BCUT2D eigenvalue weighted by molar-refractivity contribution is 6.23. The van der Waals surface area contributed by atoms with E-state index in [-0.39, 0.29) is 0 Å². The zero-order chi connectivity index (χ0) is 28.3. The van der Waals surface area contributed by atoms with Crippen LogP contribution in [-0.4, -0.2) is 19.5 Å². The predicted molar refractivity (Wildman–Crippen MR) is 178 cm³/mol. The van der Waals surface area contributed by atoms with Crippen LogP contribution in [-0.2, 0) is 0 Å². The maximum Gasteiger partial charge on any atom is 0.147 e. The van der Waals surface area contributed by atoms with Crippen LogP contribution < -0.4 is 0 Å². The molecule has 9 rings (SSSR count). The minimum Gasteiger partial charge on any atom is -0.292 e. The van der Waals surface area contributed by atoms with Crippen LogP contribution in [0.1, 0.15) is 0 Å². The fourth-order valence-electron chi connectivity index (χ4n) is 6.51. The van der Waals surface area contributed by atoms with Crippen molar-refractivity contribution in [2.45, 2.75) is 0 Å². The Morgan fingerprint density at radius 2 is 1.12 bits per heavy atom. The van der Waals surface area contributed by atoms with Crippen LogP contribution in [0.25, 0.3) is 82.7 Å². The molecule has 0 aliphatic rings. The molecule has 0 N–H and O–H groups in total. The highest BCUT2D eigenvalue weighted by atomic mass is 15.1. The molecule has 0 aliphatic carbocycles. The van der Waals surface area contributed by atoms with Crippen molar-refractivity contribution in [1.82, 2.24) is 19.5 Å². The van der Waals surface area contributed by atoms with E-state index >= 15 is 0 Å². The largest absolute Gasteiger partial charge is 0.292 e. The molecule has 0 bridgehead atoms. The van der Waals surface area contributed by atoms with Gasteiger partial charge in [-0.15, -0.1) is 0 Å². The topological polar surface area (TPSA) is 43.6 Å². The zero-order valence-corrected chi connectivity index (χ0v) is 23.1. The summed E-state index contributed by atoms with van der Waals surface area (Å²) in [5.41, 5.74) is 6.77. The van der Waals surface area contributed by atoms with Gasteiger partial charge in [0.25, 0.3) is 0 Å². The molecule has 0 saturated heterocycles. The molecule has 200 valence electrons. The van der Waals surface area contributed by atoms with Gasteiger partial charge >= 0.3 is 0 Å². The van der Waals surface area contributed by atoms with E-state index in [0.29, 0.717) is 0 Å². The minimum absolute atomic E-state index is 0.866. The van der Waals surface area contributed by atoms with Gasteiger partial charge in [0.15, 0.2) is 0 Å². The van der Waals surface area contributed by atoms with Crippen LogP contribution in [0.3, 0.4) is 0 Å². The van der Waals surface area contributed by atoms with Gasteiger partial charge in [0.2, 0.25) is 0 Å². The van der Waals surface area contributed by atoms with Gasteiger partial charge in [-0.05, 0) is 46.5 Å². The summed E-state index contributed by atoms with van der Waals surface area (Å²) in [6.45, 7) is 0. The first-order valence-corrected chi connectivity index (χ1v) is 14.5. The Morgan fingerprint density at radius 3 is 1.98 bits per heavy atom.